The summed E-state index contributed by atoms with van der Waals surface area (Å²) in [7, 11) is 0. The van der Waals surface area contributed by atoms with Gasteiger partial charge in [0.25, 0.3) is 0 Å². The molecular weight excluding hydrogens is 152 g/mol. The van der Waals surface area contributed by atoms with E-state index in [2.05, 4.69) is 13.8 Å². The van der Waals surface area contributed by atoms with E-state index in [1.807, 2.05) is 0 Å². The summed E-state index contributed by atoms with van der Waals surface area (Å²) < 4.78 is 0. The van der Waals surface area contributed by atoms with Gasteiger partial charge in [-0.15, -0.1) is 0 Å². The normalized spacial score (nSPS) is 16.5. The Balaban J connectivity index is 3.25. The van der Waals surface area contributed by atoms with E-state index < -0.39 is 0 Å². The fourth-order valence-corrected chi connectivity index (χ4v) is 1.27. The Morgan fingerprint density at radius 2 is 1.58 bits per heavy atom. The molecule has 0 aliphatic carbocycles. The zero-order valence-corrected chi connectivity index (χ0v) is 8.45. The lowest BCUT2D eigenvalue weighted by atomic mass is 10.0. The van der Waals surface area contributed by atoms with Gasteiger partial charge in [-0.1, -0.05) is 26.7 Å². The van der Waals surface area contributed by atoms with Gasteiger partial charge in [0.05, 0.1) is 12.2 Å². The zero-order valence-electron chi connectivity index (χ0n) is 8.45. The van der Waals surface area contributed by atoms with Crippen LogP contribution in [0.25, 0.3) is 0 Å². The molecule has 0 spiro atoms. The number of hydrogen-bond donors (Lipinski definition) is 2. The molecule has 0 heterocycles. The maximum absolute atomic E-state index is 9.37. The molecular formula is C10H22O2. The first kappa shape index (κ1) is 11.9. The lowest BCUT2D eigenvalue weighted by Crippen LogP contribution is -2.14. The minimum atomic E-state index is -0.376. The van der Waals surface area contributed by atoms with Gasteiger partial charge in [0.2, 0.25) is 0 Å². The van der Waals surface area contributed by atoms with E-state index in [-0.39, 0.29) is 12.2 Å². The van der Waals surface area contributed by atoms with Crippen molar-refractivity contribution < 1.29 is 10.2 Å². The Labute approximate surface area is 75.6 Å². The van der Waals surface area contributed by atoms with Crippen molar-refractivity contribution in [3.8, 4) is 0 Å². The molecule has 0 bridgehead atoms. The van der Waals surface area contributed by atoms with Gasteiger partial charge in [-0.05, 0) is 25.7 Å². The van der Waals surface area contributed by atoms with Crippen molar-refractivity contribution in [3.63, 3.8) is 0 Å². The van der Waals surface area contributed by atoms with Crippen molar-refractivity contribution in [2.45, 2.75) is 58.7 Å². The lowest BCUT2D eigenvalue weighted by Gasteiger charge is -2.12. The molecule has 2 atom stereocenters. The zero-order chi connectivity index (χ0) is 9.56. The van der Waals surface area contributed by atoms with Crippen LogP contribution in [-0.2, 0) is 0 Å². The maximum Gasteiger partial charge on any atom is 0.0564 e. The first-order chi connectivity index (χ1) is 5.52. The Morgan fingerprint density at radius 3 is 2.00 bits per heavy atom. The van der Waals surface area contributed by atoms with Crippen molar-refractivity contribution >= 4 is 0 Å². The number of aliphatic hydroxyl groups is 2. The van der Waals surface area contributed by atoms with Gasteiger partial charge in [-0.2, -0.15) is 0 Å². The first-order valence-corrected chi connectivity index (χ1v) is 4.88. The van der Waals surface area contributed by atoms with Crippen LogP contribution in [0, 0.1) is 5.92 Å². The standard InChI is InChI=1S/C10H22O2/c1-8(2)5-4-6-10(12)7-9(3)11/h8-12H,4-7H2,1-3H3. The molecule has 2 N–H and O–H groups in total. The summed E-state index contributed by atoms with van der Waals surface area (Å²) in [6, 6.07) is 0. The average molecular weight is 174 g/mol. The van der Waals surface area contributed by atoms with Crippen molar-refractivity contribution in [2.24, 2.45) is 5.92 Å². The van der Waals surface area contributed by atoms with Crippen LogP contribution in [0.5, 0.6) is 0 Å². The SMILES string of the molecule is CC(C)CCCC(O)CC(C)O. The highest BCUT2D eigenvalue weighted by Gasteiger charge is 2.07. The van der Waals surface area contributed by atoms with Crippen molar-refractivity contribution in [3.05, 3.63) is 0 Å². The van der Waals surface area contributed by atoms with Crippen LogP contribution < -0.4 is 0 Å². The monoisotopic (exact) mass is 174 g/mol. The summed E-state index contributed by atoms with van der Waals surface area (Å²) in [6.45, 7) is 6.08. The van der Waals surface area contributed by atoms with Crippen molar-refractivity contribution in [2.75, 3.05) is 0 Å². The van der Waals surface area contributed by atoms with Gasteiger partial charge in [0.15, 0.2) is 0 Å². The molecule has 0 aromatic heterocycles. The predicted octanol–water partition coefficient (Wildman–Crippen LogP) is 1.94. The third-order valence-corrected chi connectivity index (χ3v) is 1.93. The van der Waals surface area contributed by atoms with Crippen LogP contribution in [0.4, 0.5) is 0 Å². The van der Waals surface area contributed by atoms with Crippen molar-refractivity contribution in [1.82, 2.24) is 0 Å². The Hall–Kier alpha value is -0.0800. The molecule has 0 saturated heterocycles. The fourth-order valence-electron chi connectivity index (χ4n) is 1.27. The van der Waals surface area contributed by atoms with Gasteiger partial charge in [0.1, 0.15) is 0 Å². The molecule has 12 heavy (non-hydrogen) atoms. The second kappa shape index (κ2) is 6.44. The molecule has 0 aliphatic heterocycles. The highest BCUT2D eigenvalue weighted by Crippen LogP contribution is 2.11. The second-order valence-electron chi connectivity index (χ2n) is 4.06. The largest absolute Gasteiger partial charge is 0.393 e. The fraction of sp³-hybridized carbons (Fsp3) is 1.00. The molecule has 2 unspecified atom stereocenters. The molecule has 74 valence electrons. The minimum Gasteiger partial charge on any atom is -0.393 e. The Kier molecular flexibility index (Phi) is 6.39. The van der Waals surface area contributed by atoms with E-state index >= 15 is 0 Å². The molecule has 0 radical (unpaired) electrons. The van der Waals surface area contributed by atoms with E-state index in [1.165, 1.54) is 0 Å². The van der Waals surface area contributed by atoms with E-state index in [1.54, 1.807) is 6.92 Å². The number of aliphatic hydroxyl groups excluding tert-OH is 2. The third-order valence-electron chi connectivity index (χ3n) is 1.93. The average Bonchev–Trinajstić information content (AvgIpc) is 1.84. The summed E-state index contributed by atoms with van der Waals surface area (Å²) in [4.78, 5) is 0. The highest BCUT2D eigenvalue weighted by molar-refractivity contribution is 4.60. The van der Waals surface area contributed by atoms with Crippen LogP contribution in [0.3, 0.4) is 0 Å². The molecule has 0 fully saturated rings. The van der Waals surface area contributed by atoms with Gasteiger partial charge in [-0.25, -0.2) is 0 Å². The topological polar surface area (TPSA) is 40.5 Å². The predicted molar refractivity (Wildman–Crippen MR) is 51.0 cm³/mol. The molecule has 0 rings (SSSR count). The summed E-state index contributed by atoms with van der Waals surface area (Å²) >= 11 is 0. The van der Waals surface area contributed by atoms with Gasteiger partial charge >= 0.3 is 0 Å². The molecule has 2 nitrogen and oxygen atoms in total. The highest BCUT2D eigenvalue weighted by atomic mass is 16.3. The number of hydrogen-bond acceptors (Lipinski definition) is 2. The van der Waals surface area contributed by atoms with Crippen molar-refractivity contribution in [1.29, 1.82) is 0 Å². The Morgan fingerprint density at radius 1 is 1.00 bits per heavy atom. The van der Waals surface area contributed by atoms with E-state index in [0.29, 0.717) is 12.3 Å². The van der Waals surface area contributed by atoms with E-state index in [9.17, 15) is 5.11 Å². The van der Waals surface area contributed by atoms with Gasteiger partial charge < -0.3 is 10.2 Å². The van der Waals surface area contributed by atoms with Crippen LogP contribution in [0.1, 0.15) is 46.5 Å². The molecule has 0 amide bonds. The summed E-state index contributed by atoms with van der Waals surface area (Å²) in [6.07, 6.45) is 2.87. The van der Waals surface area contributed by atoms with E-state index in [4.69, 9.17) is 5.11 Å². The first-order valence-electron chi connectivity index (χ1n) is 4.88. The Bertz CT molecular complexity index is 100. The summed E-state index contributed by atoms with van der Waals surface area (Å²) in [5.41, 5.74) is 0. The molecule has 0 aromatic rings. The quantitative estimate of drug-likeness (QED) is 0.646. The number of rotatable bonds is 6. The minimum absolute atomic E-state index is 0.316. The maximum atomic E-state index is 9.37. The summed E-state index contributed by atoms with van der Waals surface area (Å²) in [5.74, 6) is 0.712. The van der Waals surface area contributed by atoms with Gasteiger partial charge in [0, 0.05) is 0 Å². The molecule has 0 aliphatic rings. The van der Waals surface area contributed by atoms with Crippen LogP contribution in [0.2, 0.25) is 0 Å². The van der Waals surface area contributed by atoms with E-state index in [0.717, 1.165) is 19.3 Å². The van der Waals surface area contributed by atoms with Crippen LogP contribution in [0.15, 0.2) is 0 Å². The molecule has 0 saturated carbocycles. The third kappa shape index (κ3) is 8.02. The molecule has 2 heteroatoms. The molecule has 0 aromatic carbocycles. The van der Waals surface area contributed by atoms with Gasteiger partial charge in [-0.3, -0.25) is 0 Å². The van der Waals surface area contributed by atoms with Crippen LogP contribution in [-0.4, -0.2) is 22.4 Å². The lowest BCUT2D eigenvalue weighted by molar-refractivity contribution is 0.0829. The second-order valence-corrected chi connectivity index (χ2v) is 4.06. The smallest absolute Gasteiger partial charge is 0.0564 e. The van der Waals surface area contributed by atoms with Crippen LogP contribution >= 0.6 is 0 Å². The summed E-state index contributed by atoms with van der Waals surface area (Å²) in [5, 5.41) is 18.3.